The van der Waals surface area contributed by atoms with Crippen LogP contribution in [0.5, 0.6) is 0 Å². The van der Waals surface area contributed by atoms with Crippen molar-refractivity contribution in [3.8, 4) is 0 Å². The van der Waals surface area contributed by atoms with Gasteiger partial charge >= 0.3 is 0 Å². The lowest BCUT2D eigenvalue weighted by Gasteiger charge is -2.05. The molecule has 4 nitrogen and oxygen atoms in total. The van der Waals surface area contributed by atoms with E-state index in [0.717, 1.165) is 4.47 Å². The molecule has 1 aromatic heterocycles. The van der Waals surface area contributed by atoms with Gasteiger partial charge in [-0.3, -0.25) is 9.48 Å². The minimum atomic E-state index is -0.195. The summed E-state index contributed by atoms with van der Waals surface area (Å²) in [5.41, 5.74) is 1.89. The van der Waals surface area contributed by atoms with E-state index in [4.69, 9.17) is 11.6 Å². The lowest BCUT2D eigenvalue weighted by molar-refractivity contribution is 0.102. The Morgan fingerprint density at radius 3 is 2.78 bits per heavy atom. The molecule has 1 amide bonds. The van der Waals surface area contributed by atoms with Gasteiger partial charge < -0.3 is 5.32 Å². The highest BCUT2D eigenvalue weighted by atomic mass is 79.9. The minimum absolute atomic E-state index is 0.195. The molecule has 0 fully saturated rings. The van der Waals surface area contributed by atoms with Gasteiger partial charge in [0.2, 0.25) is 0 Å². The second-order valence-corrected chi connectivity index (χ2v) is 5.15. The third-order valence-electron chi connectivity index (χ3n) is 2.44. The Morgan fingerprint density at radius 2 is 2.22 bits per heavy atom. The van der Waals surface area contributed by atoms with Gasteiger partial charge in [0.25, 0.3) is 5.91 Å². The molecule has 0 aliphatic heterocycles. The van der Waals surface area contributed by atoms with Gasteiger partial charge in [-0.2, -0.15) is 5.10 Å². The van der Waals surface area contributed by atoms with Crippen LogP contribution in [0.3, 0.4) is 0 Å². The summed E-state index contributed by atoms with van der Waals surface area (Å²) in [6, 6.07) is 5.25. The van der Waals surface area contributed by atoms with E-state index in [1.54, 1.807) is 43.0 Å². The number of nitrogens with zero attached hydrogens (tertiary/aromatic N) is 2. The van der Waals surface area contributed by atoms with Crippen molar-refractivity contribution in [2.24, 2.45) is 7.05 Å². The highest BCUT2D eigenvalue weighted by molar-refractivity contribution is 9.10. The van der Waals surface area contributed by atoms with E-state index in [9.17, 15) is 4.79 Å². The van der Waals surface area contributed by atoms with Crippen LogP contribution in [-0.4, -0.2) is 15.7 Å². The molecule has 0 spiro atoms. The molecule has 2 aromatic rings. The summed E-state index contributed by atoms with van der Waals surface area (Å²) in [6.45, 7) is 1.80. The summed E-state index contributed by atoms with van der Waals surface area (Å²) in [5, 5.41) is 7.46. The predicted octanol–water partition coefficient (Wildman–Crippen LogP) is 3.40. The monoisotopic (exact) mass is 327 g/mol. The van der Waals surface area contributed by atoms with Crippen LogP contribution < -0.4 is 5.32 Å². The number of aromatic nitrogens is 2. The number of hydrogen-bond donors (Lipinski definition) is 1. The Bertz CT molecular complexity index is 609. The van der Waals surface area contributed by atoms with Gasteiger partial charge in [0.05, 0.1) is 16.3 Å². The van der Waals surface area contributed by atoms with Crippen molar-refractivity contribution >= 4 is 39.1 Å². The summed E-state index contributed by atoms with van der Waals surface area (Å²) in [7, 11) is 1.78. The molecule has 0 atom stereocenters. The highest BCUT2D eigenvalue weighted by Gasteiger charge is 2.12. The molecule has 94 valence electrons. The van der Waals surface area contributed by atoms with E-state index < -0.39 is 0 Å². The number of carbonyl (C=O) groups is 1. The quantitative estimate of drug-likeness (QED) is 0.918. The molecular formula is C12H11BrClN3O. The lowest BCUT2D eigenvalue weighted by atomic mass is 10.2. The third kappa shape index (κ3) is 2.73. The molecule has 0 saturated heterocycles. The highest BCUT2D eigenvalue weighted by Crippen LogP contribution is 2.25. The number of hydrogen-bond acceptors (Lipinski definition) is 2. The van der Waals surface area contributed by atoms with Gasteiger partial charge in [-0.15, -0.1) is 0 Å². The van der Waals surface area contributed by atoms with Crippen LogP contribution in [0, 0.1) is 6.92 Å². The first-order valence-electron chi connectivity index (χ1n) is 5.24. The van der Waals surface area contributed by atoms with Crippen molar-refractivity contribution in [2.75, 3.05) is 5.32 Å². The third-order valence-corrected chi connectivity index (χ3v) is 3.67. The summed E-state index contributed by atoms with van der Waals surface area (Å²) in [4.78, 5) is 12.0. The van der Waals surface area contributed by atoms with Crippen LogP contribution in [0.25, 0.3) is 0 Å². The first-order valence-corrected chi connectivity index (χ1v) is 6.41. The number of halogens is 2. The van der Waals surface area contributed by atoms with E-state index in [0.29, 0.717) is 22.0 Å². The van der Waals surface area contributed by atoms with E-state index in [-0.39, 0.29) is 5.91 Å². The number of aryl methyl sites for hydroxylation is 2. The van der Waals surface area contributed by atoms with E-state index in [1.165, 1.54) is 0 Å². The molecule has 0 radical (unpaired) electrons. The average molecular weight is 329 g/mol. The molecule has 6 heteroatoms. The van der Waals surface area contributed by atoms with E-state index in [2.05, 4.69) is 26.3 Å². The van der Waals surface area contributed by atoms with Gasteiger partial charge in [0.15, 0.2) is 0 Å². The predicted molar refractivity (Wildman–Crippen MR) is 75.1 cm³/mol. The number of benzene rings is 1. The topological polar surface area (TPSA) is 46.9 Å². The van der Waals surface area contributed by atoms with Crippen LogP contribution in [-0.2, 0) is 7.05 Å². The number of amides is 1. The molecule has 1 aromatic carbocycles. The van der Waals surface area contributed by atoms with Gasteiger partial charge in [-0.1, -0.05) is 11.6 Å². The molecule has 0 saturated carbocycles. The van der Waals surface area contributed by atoms with Gasteiger partial charge in [0, 0.05) is 23.4 Å². The fourth-order valence-corrected chi connectivity index (χ4v) is 2.02. The standard InChI is InChI=1S/C12H11BrClN3O/c1-7-9(6-17(2)16-7)12(18)15-8-3-4-10(13)11(14)5-8/h3-6H,1-2H3,(H,15,18). The van der Waals surface area contributed by atoms with Crippen molar-refractivity contribution in [3.05, 3.63) is 45.1 Å². The van der Waals surface area contributed by atoms with Crippen molar-refractivity contribution in [2.45, 2.75) is 6.92 Å². The van der Waals surface area contributed by atoms with Crippen LogP contribution in [0.1, 0.15) is 16.1 Å². The fraction of sp³-hybridized carbons (Fsp3) is 0.167. The van der Waals surface area contributed by atoms with E-state index >= 15 is 0 Å². The maximum Gasteiger partial charge on any atom is 0.259 e. The first kappa shape index (κ1) is 13.1. The molecule has 1 N–H and O–H groups in total. The molecule has 0 unspecified atom stereocenters. The Kier molecular flexibility index (Phi) is 3.73. The zero-order valence-electron chi connectivity index (χ0n) is 9.87. The summed E-state index contributed by atoms with van der Waals surface area (Å²) >= 11 is 9.26. The summed E-state index contributed by atoms with van der Waals surface area (Å²) < 4.78 is 2.40. The number of anilines is 1. The SMILES string of the molecule is Cc1nn(C)cc1C(=O)Nc1ccc(Br)c(Cl)c1. The maximum absolute atomic E-state index is 12.0. The number of rotatable bonds is 2. The van der Waals surface area contributed by atoms with Crippen molar-refractivity contribution in [1.82, 2.24) is 9.78 Å². The van der Waals surface area contributed by atoms with Crippen LogP contribution in [0.2, 0.25) is 5.02 Å². The van der Waals surface area contributed by atoms with Crippen LogP contribution in [0.15, 0.2) is 28.9 Å². The first-order chi connectivity index (χ1) is 8.47. The van der Waals surface area contributed by atoms with Gasteiger partial charge in [-0.05, 0) is 41.1 Å². The smallest absolute Gasteiger partial charge is 0.259 e. The average Bonchev–Trinajstić information content (AvgIpc) is 2.63. The lowest BCUT2D eigenvalue weighted by Crippen LogP contribution is -2.12. The Labute approximate surface area is 118 Å². The van der Waals surface area contributed by atoms with Crippen LogP contribution >= 0.6 is 27.5 Å². The Hall–Kier alpha value is -1.33. The maximum atomic E-state index is 12.0. The zero-order chi connectivity index (χ0) is 13.3. The van der Waals surface area contributed by atoms with Crippen molar-refractivity contribution in [3.63, 3.8) is 0 Å². The zero-order valence-corrected chi connectivity index (χ0v) is 12.2. The summed E-state index contributed by atoms with van der Waals surface area (Å²) in [6.07, 6.45) is 1.69. The second kappa shape index (κ2) is 5.12. The largest absolute Gasteiger partial charge is 0.322 e. The molecule has 1 heterocycles. The summed E-state index contributed by atoms with van der Waals surface area (Å²) in [5.74, 6) is -0.195. The molecule has 0 bridgehead atoms. The van der Waals surface area contributed by atoms with Crippen molar-refractivity contribution < 1.29 is 4.79 Å². The minimum Gasteiger partial charge on any atom is -0.322 e. The van der Waals surface area contributed by atoms with Gasteiger partial charge in [0.1, 0.15) is 0 Å². The Balaban J connectivity index is 2.21. The molecule has 18 heavy (non-hydrogen) atoms. The molecule has 0 aliphatic rings. The van der Waals surface area contributed by atoms with Crippen molar-refractivity contribution in [1.29, 1.82) is 0 Å². The number of nitrogens with one attached hydrogen (secondary N) is 1. The normalized spacial score (nSPS) is 10.4. The molecule has 0 aliphatic carbocycles. The van der Waals surface area contributed by atoms with E-state index in [1.807, 2.05) is 0 Å². The Morgan fingerprint density at radius 1 is 1.50 bits per heavy atom. The van der Waals surface area contributed by atoms with Crippen LogP contribution in [0.4, 0.5) is 5.69 Å². The fourth-order valence-electron chi connectivity index (χ4n) is 1.59. The molecule has 2 rings (SSSR count). The molecular weight excluding hydrogens is 318 g/mol. The second-order valence-electron chi connectivity index (χ2n) is 3.88. The van der Waals surface area contributed by atoms with Gasteiger partial charge in [-0.25, -0.2) is 0 Å². The number of carbonyl (C=O) groups excluding carboxylic acids is 1.